The van der Waals surface area contributed by atoms with Gasteiger partial charge in [-0.25, -0.2) is 4.57 Å². The van der Waals surface area contributed by atoms with E-state index in [2.05, 4.69) is 16.0 Å². The Morgan fingerprint density at radius 3 is 2.07 bits per heavy atom. The van der Waals surface area contributed by atoms with Crippen molar-refractivity contribution < 1.29 is 33.1 Å². The first-order valence-electron chi connectivity index (χ1n) is 10.1. The van der Waals surface area contributed by atoms with Gasteiger partial charge in [0.25, 0.3) is 0 Å². The van der Waals surface area contributed by atoms with E-state index in [9.17, 15) is 19.4 Å². The number of carbonyl (C=O) groups is 1. The maximum absolute atomic E-state index is 11.8. The summed E-state index contributed by atoms with van der Waals surface area (Å²) in [6, 6.07) is 0. The Hall–Kier alpha value is -0.500. The van der Waals surface area contributed by atoms with Crippen molar-refractivity contribution in [1.82, 2.24) is 0 Å². The molecular formula is C18H38NO7P. The largest absolute Gasteiger partial charge is 0.472 e. The minimum Gasteiger partial charge on any atom is -0.457 e. The second-order valence-corrected chi connectivity index (χ2v) is 8.07. The summed E-state index contributed by atoms with van der Waals surface area (Å²) in [5.41, 5.74) is 5.17. The Kier molecular flexibility index (Phi) is 17.3. The number of aliphatic hydroxyl groups is 1. The monoisotopic (exact) mass is 411 g/mol. The lowest BCUT2D eigenvalue weighted by Gasteiger charge is -2.17. The van der Waals surface area contributed by atoms with Crippen LogP contribution >= 0.6 is 7.82 Å². The van der Waals surface area contributed by atoms with E-state index in [0.717, 1.165) is 19.3 Å². The van der Waals surface area contributed by atoms with Gasteiger partial charge in [0.05, 0.1) is 19.8 Å². The number of unbranched alkanes of at least 4 members (excludes halogenated alkanes) is 9. The zero-order valence-corrected chi connectivity index (χ0v) is 17.5. The first-order valence-corrected chi connectivity index (χ1v) is 11.6. The molecule has 2 atom stereocenters. The summed E-state index contributed by atoms with van der Waals surface area (Å²) < 4.78 is 25.8. The number of rotatable bonds is 19. The highest BCUT2D eigenvalue weighted by Gasteiger charge is 2.24. The zero-order chi connectivity index (χ0) is 20.4. The molecule has 0 saturated heterocycles. The van der Waals surface area contributed by atoms with E-state index < -0.39 is 33.1 Å². The van der Waals surface area contributed by atoms with Crippen molar-refractivity contribution in [3.8, 4) is 0 Å². The van der Waals surface area contributed by atoms with E-state index in [1.165, 1.54) is 44.9 Å². The van der Waals surface area contributed by atoms with Gasteiger partial charge in [0, 0.05) is 13.0 Å². The van der Waals surface area contributed by atoms with Crippen molar-refractivity contribution in [3.05, 3.63) is 0 Å². The van der Waals surface area contributed by atoms with Crippen LogP contribution < -0.4 is 5.73 Å². The summed E-state index contributed by atoms with van der Waals surface area (Å²) in [4.78, 5) is 21.1. The van der Waals surface area contributed by atoms with E-state index in [1.54, 1.807) is 0 Å². The first-order chi connectivity index (χ1) is 12.9. The maximum Gasteiger partial charge on any atom is 0.472 e. The summed E-state index contributed by atoms with van der Waals surface area (Å²) in [5.74, 6) is -0.451. The summed E-state index contributed by atoms with van der Waals surface area (Å²) in [5, 5.41) is 9.20. The molecule has 0 aliphatic rings. The van der Waals surface area contributed by atoms with Crippen molar-refractivity contribution in [2.75, 3.05) is 26.4 Å². The molecule has 1 unspecified atom stereocenters. The molecule has 0 aromatic heterocycles. The second kappa shape index (κ2) is 17.6. The van der Waals surface area contributed by atoms with Gasteiger partial charge < -0.3 is 20.5 Å². The molecule has 9 heteroatoms. The van der Waals surface area contributed by atoms with Gasteiger partial charge in [-0.2, -0.15) is 0 Å². The van der Waals surface area contributed by atoms with Crippen molar-refractivity contribution in [1.29, 1.82) is 0 Å². The molecule has 0 amide bonds. The third kappa shape index (κ3) is 17.3. The molecule has 0 fully saturated rings. The molecule has 0 aliphatic heterocycles. The number of phosphoric acid groups is 1. The number of hydrogen-bond donors (Lipinski definition) is 3. The maximum atomic E-state index is 11.8. The van der Waals surface area contributed by atoms with Gasteiger partial charge in [0.1, 0.15) is 6.10 Å². The molecule has 0 radical (unpaired) electrons. The molecule has 0 saturated carbocycles. The average molecular weight is 411 g/mol. The average Bonchev–Trinajstić information content (AvgIpc) is 2.65. The van der Waals surface area contributed by atoms with E-state index >= 15 is 0 Å². The van der Waals surface area contributed by atoms with Gasteiger partial charge in [-0.05, 0) is 6.42 Å². The Morgan fingerprint density at radius 2 is 1.56 bits per heavy atom. The van der Waals surface area contributed by atoms with Gasteiger partial charge in [0.15, 0.2) is 0 Å². The number of hydrogen-bond acceptors (Lipinski definition) is 7. The molecule has 162 valence electrons. The van der Waals surface area contributed by atoms with E-state index in [-0.39, 0.29) is 19.6 Å². The molecular weight excluding hydrogens is 373 g/mol. The van der Waals surface area contributed by atoms with Crippen molar-refractivity contribution in [2.45, 2.75) is 83.7 Å². The van der Waals surface area contributed by atoms with Crippen LogP contribution in [-0.2, 0) is 23.1 Å². The van der Waals surface area contributed by atoms with Gasteiger partial charge in [-0.3, -0.25) is 13.8 Å². The second-order valence-electron chi connectivity index (χ2n) is 6.61. The van der Waals surface area contributed by atoms with Crippen molar-refractivity contribution in [2.24, 2.45) is 5.73 Å². The zero-order valence-electron chi connectivity index (χ0n) is 16.6. The third-order valence-electron chi connectivity index (χ3n) is 4.03. The van der Waals surface area contributed by atoms with Crippen LogP contribution in [0.5, 0.6) is 0 Å². The van der Waals surface area contributed by atoms with Crippen LogP contribution in [0.3, 0.4) is 0 Å². The topological polar surface area (TPSA) is 128 Å². The SMILES string of the molecule is CCCCCCCCCCCCC(=O)O[C@H](CO)COP(=O)(O)OCCN. The standard InChI is InChI=1S/C18H38NO7P/c1-2-3-4-5-6-7-8-9-10-11-12-18(21)26-17(15-20)16-25-27(22,23)24-14-13-19/h17,20H,2-16,19H2,1H3,(H,22,23)/t17-/m1/s1. The van der Waals surface area contributed by atoms with Gasteiger partial charge in [-0.1, -0.05) is 64.7 Å². The van der Waals surface area contributed by atoms with Crippen LogP contribution in [0.1, 0.15) is 77.6 Å². The highest BCUT2D eigenvalue weighted by Crippen LogP contribution is 2.42. The lowest BCUT2D eigenvalue weighted by Crippen LogP contribution is -2.27. The fraction of sp³-hybridized carbons (Fsp3) is 0.944. The fourth-order valence-electron chi connectivity index (χ4n) is 2.51. The Morgan fingerprint density at radius 1 is 1.00 bits per heavy atom. The molecule has 0 bridgehead atoms. The van der Waals surface area contributed by atoms with Crippen LogP contribution in [0, 0.1) is 0 Å². The Bertz CT molecular complexity index is 409. The Balaban J connectivity index is 3.72. The van der Waals surface area contributed by atoms with Crippen molar-refractivity contribution >= 4 is 13.8 Å². The first kappa shape index (κ1) is 26.5. The molecule has 4 N–H and O–H groups in total. The summed E-state index contributed by atoms with van der Waals surface area (Å²) >= 11 is 0. The highest BCUT2D eigenvalue weighted by atomic mass is 31.2. The normalized spacial score (nSPS) is 14.7. The number of esters is 1. The molecule has 0 heterocycles. The third-order valence-corrected chi connectivity index (χ3v) is 5.02. The van der Waals surface area contributed by atoms with E-state index in [0.29, 0.717) is 0 Å². The predicted octanol–water partition coefficient (Wildman–Crippen LogP) is 3.29. The van der Waals surface area contributed by atoms with E-state index in [1.807, 2.05) is 0 Å². The lowest BCUT2D eigenvalue weighted by atomic mass is 10.1. The lowest BCUT2D eigenvalue weighted by molar-refractivity contribution is -0.153. The van der Waals surface area contributed by atoms with Gasteiger partial charge in [-0.15, -0.1) is 0 Å². The van der Waals surface area contributed by atoms with Crippen LogP contribution in [0.2, 0.25) is 0 Å². The number of nitrogens with two attached hydrogens (primary N) is 1. The van der Waals surface area contributed by atoms with Crippen LogP contribution in [0.25, 0.3) is 0 Å². The highest BCUT2D eigenvalue weighted by molar-refractivity contribution is 7.47. The number of ether oxygens (including phenoxy) is 1. The summed E-state index contributed by atoms with van der Waals surface area (Å²) in [6.07, 6.45) is 11.0. The number of aliphatic hydroxyl groups excluding tert-OH is 1. The van der Waals surface area contributed by atoms with E-state index in [4.69, 9.17) is 10.5 Å². The molecule has 8 nitrogen and oxygen atoms in total. The molecule has 0 aromatic carbocycles. The fourth-order valence-corrected chi connectivity index (χ4v) is 3.27. The molecule has 27 heavy (non-hydrogen) atoms. The summed E-state index contributed by atoms with van der Waals surface area (Å²) in [6.45, 7) is 1.24. The van der Waals surface area contributed by atoms with Crippen LogP contribution in [-0.4, -0.2) is 48.4 Å². The van der Waals surface area contributed by atoms with Crippen molar-refractivity contribution in [3.63, 3.8) is 0 Å². The molecule has 0 aromatic rings. The number of carbonyl (C=O) groups excluding carboxylic acids is 1. The minimum atomic E-state index is -4.25. The van der Waals surface area contributed by atoms with Gasteiger partial charge in [0.2, 0.25) is 0 Å². The molecule has 0 aliphatic carbocycles. The van der Waals surface area contributed by atoms with Crippen LogP contribution in [0.15, 0.2) is 0 Å². The van der Waals surface area contributed by atoms with Crippen LogP contribution in [0.4, 0.5) is 0 Å². The molecule has 0 rings (SSSR count). The Labute approximate surface area is 163 Å². The quantitative estimate of drug-likeness (QED) is 0.168. The smallest absolute Gasteiger partial charge is 0.457 e. The minimum absolute atomic E-state index is 0.0746. The number of phosphoric ester groups is 1. The summed E-state index contributed by atoms with van der Waals surface area (Å²) in [7, 11) is -4.25. The molecule has 0 spiro atoms. The predicted molar refractivity (Wildman–Crippen MR) is 104 cm³/mol. The van der Waals surface area contributed by atoms with Gasteiger partial charge >= 0.3 is 13.8 Å².